The molecule has 0 radical (unpaired) electrons. The molecule has 12 heteroatoms. The number of guanidine groups is 1. The first-order chi connectivity index (χ1) is 22.7. The van der Waals surface area contributed by atoms with Gasteiger partial charge in [-0.25, -0.2) is 20.0 Å². The number of anilines is 3. The van der Waals surface area contributed by atoms with Crippen LogP contribution < -0.4 is 16.0 Å². The Labute approximate surface area is 272 Å². The predicted molar refractivity (Wildman–Crippen MR) is 180 cm³/mol. The number of aromatic nitrogens is 2. The minimum atomic E-state index is -4.54. The van der Waals surface area contributed by atoms with Crippen LogP contribution in [0.2, 0.25) is 0 Å². The van der Waals surface area contributed by atoms with Crippen LogP contribution in [0, 0.1) is 6.92 Å². The lowest BCUT2D eigenvalue weighted by Crippen LogP contribution is -2.24. The monoisotopic (exact) mass is 642 g/mol. The predicted octanol–water partition coefficient (Wildman–Crippen LogP) is 7.31. The molecule has 1 saturated heterocycles. The van der Waals surface area contributed by atoms with E-state index in [9.17, 15) is 18.0 Å². The summed E-state index contributed by atoms with van der Waals surface area (Å²) in [5.74, 6) is 0.234. The largest absolute Gasteiger partial charge is 0.416 e. The molecule has 1 aliphatic rings. The van der Waals surface area contributed by atoms with Gasteiger partial charge in [0, 0.05) is 36.2 Å². The van der Waals surface area contributed by atoms with Crippen LogP contribution in [-0.2, 0) is 19.1 Å². The fourth-order valence-electron chi connectivity index (χ4n) is 5.26. The number of halogens is 3. The SMILES string of the molecule is C/C=N\C(=N/c1cncnc1Nc1cc(C(=O)Nc2cc(CN3CCCC3)cc(C(F)(F)F)c2)ccc1C)NCCc1ccccc1. The molecule has 0 atom stereocenters. The van der Waals surface area contributed by atoms with Gasteiger partial charge in [0.05, 0.1) is 11.8 Å². The van der Waals surface area contributed by atoms with Crippen molar-refractivity contribution in [2.45, 2.75) is 45.8 Å². The molecule has 1 aromatic heterocycles. The summed E-state index contributed by atoms with van der Waals surface area (Å²) in [6.07, 6.45) is 2.86. The zero-order chi connectivity index (χ0) is 33.2. The number of hydrogen-bond acceptors (Lipinski definition) is 6. The van der Waals surface area contributed by atoms with Gasteiger partial charge in [-0.2, -0.15) is 13.2 Å². The van der Waals surface area contributed by atoms with Crippen molar-refractivity contribution >= 4 is 41.0 Å². The summed E-state index contributed by atoms with van der Waals surface area (Å²) in [5.41, 5.74) is 3.04. The highest BCUT2D eigenvalue weighted by Crippen LogP contribution is 2.33. The fraction of sp³-hybridized carbons (Fsp3) is 0.286. The van der Waals surface area contributed by atoms with Gasteiger partial charge in [0.25, 0.3) is 5.91 Å². The van der Waals surface area contributed by atoms with Crippen LogP contribution in [0.15, 0.2) is 89.2 Å². The number of alkyl halides is 3. The molecule has 0 spiro atoms. The third-order valence-electron chi connectivity index (χ3n) is 7.65. The topological polar surface area (TPSA) is 107 Å². The van der Waals surface area contributed by atoms with E-state index in [1.54, 1.807) is 43.6 Å². The maximum absolute atomic E-state index is 13.7. The summed E-state index contributed by atoms with van der Waals surface area (Å²) in [6.45, 7) is 6.34. The van der Waals surface area contributed by atoms with Crippen molar-refractivity contribution in [3.63, 3.8) is 0 Å². The summed E-state index contributed by atoms with van der Waals surface area (Å²) < 4.78 is 41.2. The van der Waals surface area contributed by atoms with Gasteiger partial charge >= 0.3 is 6.18 Å². The van der Waals surface area contributed by atoms with Crippen molar-refractivity contribution < 1.29 is 18.0 Å². The molecule has 0 saturated carbocycles. The van der Waals surface area contributed by atoms with E-state index in [0.29, 0.717) is 41.8 Å². The molecule has 0 unspecified atom stereocenters. The zero-order valence-electron chi connectivity index (χ0n) is 26.3. The highest BCUT2D eigenvalue weighted by atomic mass is 19.4. The Bertz CT molecular complexity index is 1730. The first-order valence-corrected chi connectivity index (χ1v) is 15.5. The molecule has 3 aromatic carbocycles. The van der Waals surface area contributed by atoms with E-state index in [2.05, 4.69) is 52.9 Å². The number of aryl methyl sites for hydroxylation is 1. The van der Waals surface area contributed by atoms with Crippen molar-refractivity contribution in [1.82, 2.24) is 20.2 Å². The highest BCUT2D eigenvalue weighted by molar-refractivity contribution is 6.05. The van der Waals surface area contributed by atoms with Crippen LogP contribution in [0.4, 0.5) is 36.1 Å². The van der Waals surface area contributed by atoms with E-state index in [1.165, 1.54) is 11.9 Å². The van der Waals surface area contributed by atoms with Crippen LogP contribution in [0.3, 0.4) is 0 Å². The molecule has 9 nitrogen and oxygen atoms in total. The molecular formula is C35H37F3N8O. The summed E-state index contributed by atoms with van der Waals surface area (Å²) in [7, 11) is 0. The summed E-state index contributed by atoms with van der Waals surface area (Å²) in [5, 5.41) is 9.16. The van der Waals surface area contributed by atoms with Crippen LogP contribution >= 0.6 is 0 Å². The maximum Gasteiger partial charge on any atom is 0.416 e. The molecule has 2 heterocycles. The molecule has 4 aromatic rings. The fourth-order valence-corrected chi connectivity index (χ4v) is 5.26. The van der Waals surface area contributed by atoms with Crippen molar-refractivity contribution in [2.24, 2.45) is 9.98 Å². The quantitative estimate of drug-likeness (QED) is 0.124. The molecule has 244 valence electrons. The number of nitrogens with one attached hydrogen (secondary N) is 3. The molecule has 5 rings (SSSR count). The van der Waals surface area contributed by atoms with Gasteiger partial charge in [0.2, 0.25) is 5.96 Å². The van der Waals surface area contributed by atoms with Crippen molar-refractivity contribution in [3.05, 3.63) is 107 Å². The van der Waals surface area contributed by atoms with Gasteiger partial charge in [-0.15, -0.1) is 0 Å². The minimum Gasteiger partial charge on any atom is -0.354 e. The lowest BCUT2D eigenvalue weighted by Gasteiger charge is -2.18. The molecule has 1 aliphatic heterocycles. The number of hydrogen-bond donors (Lipinski definition) is 3. The molecule has 47 heavy (non-hydrogen) atoms. The number of likely N-dealkylation sites (tertiary alicyclic amines) is 1. The normalized spacial score (nSPS) is 14.0. The van der Waals surface area contributed by atoms with Gasteiger partial charge in [-0.1, -0.05) is 36.4 Å². The molecule has 0 aliphatic carbocycles. The Balaban J connectivity index is 1.33. The standard InChI is InChI=1S/C35H37F3N8O/c1-3-40-34(41-14-13-25-9-5-4-6-10-25)45-31-21-39-23-42-32(31)44-30-19-27(12-11-24(30)2)33(47)43-29-18-26(22-46-15-7-8-16-46)17-28(20-29)35(36,37)38/h3-6,9-12,17-21,23H,7-8,13-16,22H2,1-2H3,(H,41,45)(H,43,47)(H,39,42,44)/b40-3-. The summed E-state index contributed by atoms with van der Waals surface area (Å²) >= 11 is 0. The van der Waals surface area contributed by atoms with Crippen LogP contribution in [0.25, 0.3) is 0 Å². The zero-order valence-corrected chi connectivity index (χ0v) is 26.3. The van der Waals surface area contributed by atoms with Crippen molar-refractivity contribution in [3.8, 4) is 0 Å². The Morgan fingerprint density at radius 2 is 1.81 bits per heavy atom. The lowest BCUT2D eigenvalue weighted by atomic mass is 10.1. The second kappa shape index (κ2) is 15.5. The second-order valence-corrected chi connectivity index (χ2v) is 11.3. The van der Waals surface area contributed by atoms with E-state index in [0.717, 1.165) is 50.0 Å². The van der Waals surface area contributed by atoms with E-state index in [1.807, 2.05) is 25.1 Å². The van der Waals surface area contributed by atoms with Crippen LogP contribution in [-0.4, -0.2) is 52.6 Å². The third kappa shape index (κ3) is 9.46. The minimum absolute atomic E-state index is 0.0882. The Morgan fingerprint density at radius 1 is 1.02 bits per heavy atom. The highest BCUT2D eigenvalue weighted by Gasteiger charge is 2.31. The first-order valence-electron chi connectivity index (χ1n) is 15.5. The molecule has 1 amide bonds. The van der Waals surface area contributed by atoms with Crippen molar-refractivity contribution in [2.75, 3.05) is 30.3 Å². The van der Waals surface area contributed by atoms with Gasteiger partial charge in [0.15, 0.2) is 5.82 Å². The van der Waals surface area contributed by atoms with Gasteiger partial charge in [-0.05, 0) is 93.2 Å². The van der Waals surface area contributed by atoms with Gasteiger partial charge in [-0.3, -0.25) is 9.69 Å². The average Bonchev–Trinajstić information content (AvgIpc) is 3.56. The van der Waals surface area contributed by atoms with Crippen LogP contribution in [0.1, 0.15) is 52.4 Å². The Morgan fingerprint density at radius 3 is 2.55 bits per heavy atom. The second-order valence-electron chi connectivity index (χ2n) is 11.3. The lowest BCUT2D eigenvalue weighted by molar-refractivity contribution is -0.137. The van der Waals surface area contributed by atoms with E-state index < -0.39 is 17.6 Å². The first kappa shape index (κ1) is 33.3. The third-order valence-corrected chi connectivity index (χ3v) is 7.65. The van der Waals surface area contributed by atoms with Gasteiger partial charge in [0.1, 0.15) is 12.0 Å². The van der Waals surface area contributed by atoms with Gasteiger partial charge < -0.3 is 16.0 Å². The van der Waals surface area contributed by atoms with E-state index in [-0.39, 0.29) is 11.3 Å². The number of benzene rings is 3. The number of nitrogens with zero attached hydrogens (tertiary/aromatic N) is 5. The number of aliphatic imine (C=N–C) groups is 2. The smallest absolute Gasteiger partial charge is 0.354 e. The maximum atomic E-state index is 13.7. The van der Waals surface area contributed by atoms with Crippen molar-refractivity contribution in [1.29, 1.82) is 0 Å². The average molecular weight is 643 g/mol. The van der Waals surface area contributed by atoms with E-state index >= 15 is 0 Å². The number of carbonyl (C=O) groups is 1. The van der Waals surface area contributed by atoms with Crippen LogP contribution in [0.5, 0.6) is 0 Å². The Hall–Kier alpha value is -5.10. The van der Waals surface area contributed by atoms with E-state index in [4.69, 9.17) is 0 Å². The Kier molecular flexibility index (Phi) is 10.9. The molecular weight excluding hydrogens is 605 g/mol. The number of amides is 1. The number of carbonyl (C=O) groups excluding carboxylic acids is 1. The molecule has 3 N–H and O–H groups in total. The molecule has 1 fully saturated rings. The summed E-state index contributed by atoms with van der Waals surface area (Å²) in [4.78, 5) is 32.9. The summed E-state index contributed by atoms with van der Waals surface area (Å²) in [6, 6.07) is 18.8. The number of rotatable bonds is 10. The molecule has 0 bridgehead atoms.